The molecule has 0 atom stereocenters. The Hall–Kier alpha value is -2.46. The van der Waals surface area contributed by atoms with Gasteiger partial charge in [-0.3, -0.25) is 9.78 Å². The molecule has 1 rings (SSSR count). The first-order chi connectivity index (χ1) is 9.60. The van der Waals surface area contributed by atoms with Gasteiger partial charge >= 0.3 is 5.97 Å². The highest BCUT2D eigenvalue weighted by molar-refractivity contribution is 5.93. The van der Waals surface area contributed by atoms with Gasteiger partial charge in [0.15, 0.2) is 0 Å². The molecule has 1 aromatic rings. The van der Waals surface area contributed by atoms with Crippen LogP contribution in [0.2, 0.25) is 0 Å². The van der Waals surface area contributed by atoms with E-state index in [0.29, 0.717) is 13.2 Å². The van der Waals surface area contributed by atoms with Crippen molar-refractivity contribution in [3.05, 3.63) is 29.6 Å². The Morgan fingerprint density at radius 1 is 1.45 bits per heavy atom. The van der Waals surface area contributed by atoms with Crippen molar-refractivity contribution in [3.8, 4) is 6.07 Å². The Kier molecular flexibility index (Phi) is 6.13. The molecular formula is C13H15N3O4. The first-order valence-electron chi connectivity index (χ1n) is 5.94. The van der Waals surface area contributed by atoms with E-state index >= 15 is 0 Å². The molecule has 0 spiro atoms. The fraction of sp³-hybridized carbons (Fsp3) is 0.385. The number of hydrogen-bond donors (Lipinski definition) is 1. The molecule has 0 aliphatic rings. The fourth-order valence-corrected chi connectivity index (χ4v) is 1.51. The quantitative estimate of drug-likeness (QED) is 0.790. The monoisotopic (exact) mass is 277 g/mol. The van der Waals surface area contributed by atoms with Gasteiger partial charge < -0.3 is 14.7 Å². The van der Waals surface area contributed by atoms with E-state index in [9.17, 15) is 9.59 Å². The van der Waals surface area contributed by atoms with E-state index in [4.69, 9.17) is 15.1 Å². The summed E-state index contributed by atoms with van der Waals surface area (Å²) in [5, 5.41) is 17.4. The van der Waals surface area contributed by atoms with Gasteiger partial charge in [0.2, 0.25) is 0 Å². The van der Waals surface area contributed by atoms with Crippen molar-refractivity contribution in [2.24, 2.45) is 0 Å². The van der Waals surface area contributed by atoms with E-state index in [0.717, 1.165) is 6.20 Å². The predicted molar refractivity (Wildman–Crippen MR) is 69.2 cm³/mol. The van der Waals surface area contributed by atoms with Gasteiger partial charge in [-0.25, -0.2) is 4.79 Å². The van der Waals surface area contributed by atoms with Gasteiger partial charge in [-0.05, 0) is 12.1 Å². The van der Waals surface area contributed by atoms with Crippen molar-refractivity contribution in [3.63, 3.8) is 0 Å². The molecule has 1 N–H and O–H groups in total. The summed E-state index contributed by atoms with van der Waals surface area (Å²) in [6.07, 6.45) is 1.34. The summed E-state index contributed by atoms with van der Waals surface area (Å²) in [5.41, 5.74) is 0.158. The highest BCUT2D eigenvalue weighted by Gasteiger charge is 2.17. The number of methoxy groups -OCH3 is 1. The standard InChI is InChI=1S/C13H15N3O4/c1-20-8-7-16(6-2-5-14)12(17)11-4-3-10(9-15-11)13(18)19/h3-4,9H,2,6-8H2,1H3,(H,18,19). The largest absolute Gasteiger partial charge is 0.478 e. The number of carbonyl (C=O) groups excluding carboxylic acids is 1. The SMILES string of the molecule is COCCN(CCC#N)C(=O)c1ccc(C(=O)O)cn1. The van der Waals surface area contributed by atoms with Crippen molar-refractivity contribution in [2.75, 3.05) is 26.8 Å². The summed E-state index contributed by atoms with van der Waals surface area (Å²) < 4.78 is 4.91. The van der Waals surface area contributed by atoms with Crippen molar-refractivity contribution >= 4 is 11.9 Å². The Labute approximate surface area is 116 Å². The number of carbonyl (C=O) groups is 2. The van der Waals surface area contributed by atoms with E-state index < -0.39 is 5.97 Å². The van der Waals surface area contributed by atoms with E-state index in [1.54, 1.807) is 0 Å². The normalized spacial score (nSPS) is 9.80. The third kappa shape index (κ3) is 4.33. The fourth-order valence-electron chi connectivity index (χ4n) is 1.51. The van der Waals surface area contributed by atoms with Crippen LogP contribution < -0.4 is 0 Å². The Morgan fingerprint density at radius 2 is 2.20 bits per heavy atom. The molecule has 0 aliphatic heterocycles. The first-order valence-corrected chi connectivity index (χ1v) is 5.94. The Morgan fingerprint density at radius 3 is 2.70 bits per heavy atom. The van der Waals surface area contributed by atoms with Crippen LogP contribution in [0.1, 0.15) is 27.3 Å². The summed E-state index contributed by atoms with van der Waals surface area (Å²) >= 11 is 0. The molecule has 7 nitrogen and oxygen atoms in total. The second-order valence-corrected chi connectivity index (χ2v) is 3.93. The second-order valence-electron chi connectivity index (χ2n) is 3.93. The average molecular weight is 277 g/mol. The molecule has 7 heteroatoms. The number of amides is 1. The molecule has 1 amide bonds. The maximum absolute atomic E-state index is 12.2. The number of pyridine rings is 1. The number of ether oxygens (including phenoxy) is 1. The number of aromatic carboxylic acids is 1. The van der Waals surface area contributed by atoms with Crippen LogP contribution in [0.15, 0.2) is 18.3 Å². The number of aromatic nitrogens is 1. The van der Waals surface area contributed by atoms with Gasteiger partial charge in [-0.15, -0.1) is 0 Å². The molecule has 20 heavy (non-hydrogen) atoms. The van der Waals surface area contributed by atoms with Crippen LogP contribution in [-0.2, 0) is 4.74 Å². The maximum Gasteiger partial charge on any atom is 0.337 e. The molecule has 0 aliphatic carbocycles. The van der Waals surface area contributed by atoms with Crippen molar-refractivity contribution < 1.29 is 19.4 Å². The average Bonchev–Trinajstić information content (AvgIpc) is 2.47. The van der Waals surface area contributed by atoms with Crippen LogP contribution in [-0.4, -0.2) is 53.7 Å². The summed E-state index contributed by atoms with van der Waals surface area (Å²) in [5.74, 6) is -1.45. The van der Waals surface area contributed by atoms with E-state index in [2.05, 4.69) is 4.98 Å². The Balaban J connectivity index is 2.82. The summed E-state index contributed by atoms with van der Waals surface area (Å²) in [6.45, 7) is 0.977. The minimum atomic E-state index is -1.10. The number of hydrogen-bond acceptors (Lipinski definition) is 5. The third-order valence-electron chi connectivity index (χ3n) is 2.58. The molecule has 0 aromatic carbocycles. The zero-order valence-corrected chi connectivity index (χ0v) is 11.1. The molecule has 0 fully saturated rings. The minimum Gasteiger partial charge on any atom is -0.478 e. The molecule has 1 heterocycles. The lowest BCUT2D eigenvalue weighted by Gasteiger charge is -2.20. The molecule has 0 radical (unpaired) electrons. The summed E-state index contributed by atoms with van der Waals surface area (Å²) in [6, 6.07) is 4.65. The van der Waals surface area contributed by atoms with Gasteiger partial charge in [0.05, 0.1) is 24.7 Å². The van der Waals surface area contributed by atoms with Crippen LogP contribution in [0.25, 0.3) is 0 Å². The van der Waals surface area contributed by atoms with E-state index in [1.807, 2.05) is 6.07 Å². The van der Waals surface area contributed by atoms with Gasteiger partial charge in [0, 0.05) is 26.4 Å². The topological polar surface area (TPSA) is 104 Å². The number of rotatable bonds is 7. The molecule has 1 aromatic heterocycles. The van der Waals surface area contributed by atoms with Gasteiger partial charge in [0.1, 0.15) is 5.69 Å². The van der Waals surface area contributed by atoms with E-state index in [-0.39, 0.29) is 30.1 Å². The molecule has 0 unspecified atom stereocenters. The van der Waals surface area contributed by atoms with Crippen LogP contribution >= 0.6 is 0 Å². The van der Waals surface area contributed by atoms with E-state index in [1.165, 1.54) is 24.1 Å². The summed E-state index contributed by atoms with van der Waals surface area (Å²) in [4.78, 5) is 28.2. The smallest absolute Gasteiger partial charge is 0.337 e. The molecule has 0 bridgehead atoms. The van der Waals surface area contributed by atoms with Crippen molar-refractivity contribution in [2.45, 2.75) is 6.42 Å². The summed E-state index contributed by atoms with van der Waals surface area (Å²) in [7, 11) is 1.52. The van der Waals surface area contributed by atoms with Gasteiger partial charge in [0.25, 0.3) is 5.91 Å². The predicted octanol–water partition coefficient (Wildman–Crippen LogP) is 0.782. The van der Waals surface area contributed by atoms with Gasteiger partial charge in [-0.2, -0.15) is 5.26 Å². The number of carboxylic acids is 1. The van der Waals surface area contributed by atoms with Crippen LogP contribution in [0.3, 0.4) is 0 Å². The van der Waals surface area contributed by atoms with Crippen LogP contribution in [0.5, 0.6) is 0 Å². The van der Waals surface area contributed by atoms with Crippen molar-refractivity contribution in [1.82, 2.24) is 9.88 Å². The van der Waals surface area contributed by atoms with Crippen LogP contribution in [0.4, 0.5) is 0 Å². The van der Waals surface area contributed by atoms with Gasteiger partial charge in [-0.1, -0.05) is 0 Å². The number of nitriles is 1. The zero-order chi connectivity index (χ0) is 15.0. The third-order valence-corrected chi connectivity index (χ3v) is 2.58. The lowest BCUT2D eigenvalue weighted by molar-refractivity contribution is 0.0681. The minimum absolute atomic E-state index is 0.0158. The first kappa shape index (κ1) is 15.6. The number of carboxylic acid groups (broad SMARTS) is 1. The highest BCUT2D eigenvalue weighted by atomic mass is 16.5. The maximum atomic E-state index is 12.2. The molecule has 106 valence electrons. The second kappa shape index (κ2) is 7.86. The van der Waals surface area contributed by atoms with Crippen LogP contribution in [0, 0.1) is 11.3 Å². The lowest BCUT2D eigenvalue weighted by Crippen LogP contribution is -2.35. The Bertz CT molecular complexity index is 507. The highest BCUT2D eigenvalue weighted by Crippen LogP contribution is 2.05. The lowest BCUT2D eigenvalue weighted by atomic mass is 10.2. The van der Waals surface area contributed by atoms with Crippen molar-refractivity contribution in [1.29, 1.82) is 5.26 Å². The zero-order valence-electron chi connectivity index (χ0n) is 11.1. The number of nitrogens with zero attached hydrogens (tertiary/aromatic N) is 3. The molecule has 0 saturated heterocycles. The molecular weight excluding hydrogens is 262 g/mol. The molecule has 0 saturated carbocycles.